The molecule has 254 valence electrons. The molecule has 0 amide bonds. The van der Waals surface area contributed by atoms with Crippen LogP contribution in [0.25, 0.3) is 98.4 Å². The molecule has 11 aromatic rings. The van der Waals surface area contributed by atoms with E-state index in [-0.39, 0.29) is 0 Å². The number of rotatable bonds is 5. The van der Waals surface area contributed by atoms with Crippen LogP contribution in [0.5, 0.6) is 0 Å². The van der Waals surface area contributed by atoms with E-state index in [4.69, 9.17) is 0 Å². The maximum atomic E-state index is 2.43. The molecule has 11 aromatic carbocycles. The standard InChI is InChI=1S/C54H33N/c1-5-15-35(16-6-1)49-44-28-27-39(55(37-21-9-3-10-22-37)38-23-11-4-12-24-38)33-47(44)50(36-17-7-2-8-18-36)54-46-32-30-43-41-26-14-20-34-19-13-25-40(48(34)41)42-29-31-45(53(49)54)52(46)51(42)43/h1-33H. The first-order chi connectivity index (χ1) is 27.3. The number of hydrogen-bond acceptors (Lipinski definition) is 1. The molecule has 0 aromatic heterocycles. The average molecular weight is 696 g/mol. The molecule has 0 radical (unpaired) electrons. The highest BCUT2D eigenvalue weighted by atomic mass is 15.1. The Morgan fingerprint density at radius 2 is 0.709 bits per heavy atom. The Kier molecular flexibility index (Phi) is 6.40. The number of fused-ring (bicyclic) bond motifs is 6. The topological polar surface area (TPSA) is 3.24 Å². The Morgan fingerprint density at radius 3 is 1.24 bits per heavy atom. The van der Waals surface area contributed by atoms with Crippen LogP contribution in [0.1, 0.15) is 0 Å². The maximum absolute atomic E-state index is 2.43. The monoisotopic (exact) mass is 695 g/mol. The quantitative estimate of drug-likeness (QED) is 0.128. The van der Waals surface area contributed by atoms with E-state index in [9.17, 15) is 0 Å². The molecular formula is C54H33N. The third-order valence-electron chi connectivity index (χ3n) is 11.9. The third kappa shape index (κ3) is 4.30. The van der Waals surface area contributed by atoms with Crippen LogP contribution >= 0.6 is 0 Å². The van der Waals surface area contributed by atoms with Gasteiger partial charge in [0.05, 0.1) is 0 Å². The molecular weight excluding hydrogens is 663 g/mol. The Balaban J connectivity index is 1.26. The molecule has 0 spiro atoms. The van der Waals surface area contributed by atoms with E-state index in [1.165, 1.54) is 98.4 Å². The normalized spacial score (nSPS) is 12.0. The fourth-order valence-electron chi connectivity index (χ4n) is 9.72. The summed E-state index contributed by atoms with van der Waals surface area (Å²) in [6, 6.07) is 73.8. The lowest BCUT2D eigenvalue weighted by Crippen LogP contribution is -2.09. The molecule has 0 aliphatic heterocycles. The van der Waals surface area contributed by atoms with Crippen molar-refractivity contribution in [2.24, 2.45) is 0 Å². The van der Waals surface area contributed by atoms with Crippen LogP contribution in [0.4, 0.5) is 17.1 Å². The minimum absolute atomic E-state index is 1.12. The Morgan fingerprint density at radius 1 is 0.255 bits per heavy atom. The van der Waals surface area contributed by atoms with Gasteiger partial charge in [0.15, 0.2) is 0 Å². The highest BCUT2D eigenvalue weighted by Crippen LogP contribution is 2.60. The van der Waals surface area contributed by atoms with E-state index in [0.717, 1.165) is 17.1 Å². The highest BCUT2D eigenvalue weighted by molar-refractivity contribution is 6.39. The zero-order chi connectivity index (χ0) is 36.0. The molecule has 0 N–H and O–H groups in total. The van der Waals surface area contributed by atoms with Gasteiger partial charge in [0.2, 0.25) is 0 Å². The number of benzene rings is 11. The van der Waals surface area contributed by atoms with E-state index in [2.05, 4.69) is 205 Å². The number of nitrogens with zero attached hydrogens (tertiary/aromatic N) is 1. The molecule has 0 saturated carbocycles. The van der Waals surface area contributed by atoms with Gasteiger partial charge in [-0.3, -0.25) is 0 Å². The fourth-order valence-corrected chi connectivity index (χ4v) is 9.72. The van der Waals surface area contributed by atoms with Crippen molar-refractivity contribution >= 4 is 70.9 Å². The molecule has 0 fully saturated rings. The predicted octanol–water partition coefficient (Wildman–Crippen LogP) is 15.3. The first-order valence-electron chi connectivity index (χ1n) is 19.1. The molecule has 0 saturated heterocycles. The summed E-state index contributed by atoms with van der Waals surface area (Å²) in [5.74, 6) is 0. The van der Waals surface area contributed by atoms with Gasteiger partial charge in [0.1, 0.15) is 0 Å². The second kappa shape index (κ2) is 11.6. The van der Waals surface area contributed by atoms with Crippen molar-refractivity contribution in [1.82, 2.24) is 0 Å². The van der Waals surface area contributed by atoms with Crippen molar-refractivity contribution in [2.75, 3.05) is 4.90 Å². The van der Waals surface area contributed by atoms with E-state index in [0.29, 0.717) is 0 Å². The number of anilines is 3. The van der Waals surface area contributed by atoms with Gasteiger partial charge in [0.25, 0.3) is 0 Å². The lowest BCUT2D eigenvalue weighted by Gasteiger charge is -2.27. The van der Waals surface area contributed by atoms with Gasteiger partial charge in [-0.2, -0.15) is 0 Å². The van der Waals surface area contributed by atoms with E-state index >= 15 is 0 Å². The second-order valence-electron chi connectivity index (χ2n) is 14.7. The van der Waals surface area contributed by atoms with Gasteiger partial charge in [-0.15, -0.1) is 0 Å². The summed E-state index contributed by atoms with van der Waals surface area (Å²) in [7, 11) is 0. The third-order valence-corrected chi connectivity index (χ3v) is 11.9. The van der Waals surface area contributed by atoms with Crippen LogP contribution in [0.2, 0.25) is 0 Å². The molecule has 0 heterocycles. The van der Waals surface area contributed by atoms with E-state index in [1.807, 2.05) is 0 Å². The van der Waals surface area contributed by atoms with Crippen molar-refractivity contribution in [2.45, 2.75) is 0 Å². The zero-order valence-electron chi connectivity index (χ0n) is 30.0. The summed E-state index contributed by atoms with van der Waals surface area (Å²) < 4.78 is 0. The van der Waals surface area contributed by atoms with Gasteiger partial charge in [0, 0.05) is 17.1 Å². The molecule has 1 nitrogen and oxygen atoms in total. The minimum atomic E-state index is 1.12. The lowest BCUT2D eigenvalue weighted by molar-refractivity contribution is 1.29. The Labute approximate surface area is 319 Å². The molecule has 1 aliphatic rings. The summed E-state index contributed by atoms with van der Waals surface area (Å²) in [5, 5.41) is 13.1. The van der Waals surface area contributed by atoms with Crippen LogP contribution in [-0.2, 0) is 0 Å². The van der Waals surface area contributed by atoms with Gasteiger partial charge in [-0.25, -0.2) is 0 Å². The largest absolute Gasteiger partial charge is 0.310 e. The summed E-state index contributed by atoms with van der Waals surface area (Å²) >= 11 is 0. The van der Waals surface area contributed by atoms with Gasteiger partial charge >= 0.3 is 0 Å². The van der Waals surface area contributed by atoms with Crippen LogP contribution in [0.3, 0.4) is 0 Å². The molecule has 55 heavy (non-hydrogen) atoms. The van der Waals surface area contributed by atoms with Crippen LogP contribution in [0, 0.1) is 0 Å². The van der Waals surface area contributed by atoms with Crippen molar-refractivity contribution in [3.05, 3.63) is 200 Å². The lowest BCUT2D eigenvalue weighted by atomic mass is 9.82. The fraction of sp³-hybridized carbons (Fsp3) is 0. The first-order valence-corrected chi connectivity index (χ1v) is 19.1. The van der Waals surface area contributed by atoms with Crippen molar-refractivity contribution < 1.29 is 0 Å². The zero-order valence-corrected chi connectivity index (χ0v) is 30.0. The number of hydrogen-bond donors (Lipinski definition) is 0. The Bertz CT molecular complexity index is 3190. The number of para-hydroxylation sites is 2. The van der Waals surface area contributed by atoms with Crippen LogP contribution in [0.15, 0.2) is 200 Å². The first kappa shape index (κ1) is 30.3. The van der Waals surface area contributed by atoms with E-state index in [1.54, 1.807) is 0 Å². The van der Waals surface area contributed by atoms with Crippen molar-refractivity contribution in [1.29, 1.82) is 0 Å². The molecule has 1 heteroatoms. The van der Waals surface area contributed by atoms with Crippen molar-refractivity contribution in [3.8, 4) is 44.5 Å². The van der Waals surface area contributed by atoms with Gasteiger partial charge < -0.3 is 4.90 Å². The second-order valence-corrected chi connectivity index (χ2v) is 14.7. The summed E-state index contributed by atoms with van der Waals surface area (Å²) in [5.41, 5.74) is 13.7. The highest BCUT2D eigenvalue weighted by Gasteiger charge is 2.32. The van der Waals surface area contributed by atoms with Gasteiger partial charge in [-0.1, -0.05) is 164 Å². The molecule has 12 rings (SSSR count). The average Bonchev–Trinajstić information content (AvgIpc) is 3.59. The predicted molar refractivity (Wildman–Crippen MR) is 235 cm³/mol. The summed E-state index contributed by atoms with van der Waals surface area (Å²) in [6.07, 6.45) is 0. The summed E-state index contributed by atoms with van der Waals surface area (Å²) in [6.45, 7) is 0. The maximum Gasteiger partial charge on any atom is 0.0468 e. The molecule has 0 unspecified atom stereocenters. The van der Waals surface area contributed by atoms with E-state index < -0.39 is 0 Å². The summed E-state index contributed by atoms with van der Waals surface area (Å²) in [4.78, 5) is 2.38. The van der Waals surface area contributed by atoms with Crippen molar-refractivity contribution in [3.63, 3.8) is 0 Å². The minimum Gasteiger partial charge on any atom is -0.310 e. The van der Waals surface area contributed by atoms with Crippen LogP contribution < -0.4 is 4.90 Å². The SMILES string of the molecule is c1ccc(-c2c3c(c(-c4ccccc4)c4cc(N(c5ccccc5)c5ccccc5)ccc24)-c2ccc4c5cccc6cccc(c7ccc-3c2c74)c65)cc1. The van der Waals surface area contributed by atoms with Gasteiger partial charge in [-0.05, 0) is 135 Å². The van der Waals surface area contributed by atoms with Crippen LogP contribution in [-0.4, -0.2) is 0 Å². The smallest absolute Gasteiger partial charge is 0.0468 e. The molecule has 1 aliphatic carbocycles. The molecule has 0 bridgehead atoms. The molecule has 0 atom stereocenters. The Hall–Kier alpha value is -7.22.